The van der Waals surface area contributed by atoms with Crippen molar-refractivity contribution in [2.45, 2.75) is 38.4 Å². The first-order valence-corrected chi connectivity index (χ1v) is 10.6. The highest BCUT2D eigenvalue weighted by atomic mass is 19.4. The lowest BCUT2D eigenvalue weighted by Crippen LogP contribution is -2.57. The van der Waals surface area contributed by atoms with Gasteiger partial charge in [0.05, 0.1) is 25.0 Å². The van der Waals surface area contributed by atoms with Crippen LogP contribution in [0.3, 0.4) is 0 Å². The van der Waals surface area contributed by atoms with Gasteiger partial charge in [0.15, 0.2) is 23.0 Å². The molecule has 1 saturated heterocycles. The van der Waals surface area contributed by atoms with E-state index in [1.165, 1.54) is 19.3 Å². The SMILES string of the molecule is Cc1nc(C(=O)N2CC(F)(F)C[C@@H](C)[C@H]2CNc2cnc(C(F)(F)F)cn2)c(-c2cccnc2)o1. The van der Waals surface area contributed by atoms with Crippen LogP contribution in [0.5, 0.6) is 0 Å². The second-order valence-electron chi connectivity index (χ2n) is 8.36. The van der Waals surface area contributed by atoms with Crippen molar-refractivity contribution in [2.75, 3.05) is 18.4 Å². The zero-order valence-corrected chi connectivity index (χ0v) is 18.7. The first-order valence-electron chi connectivity index (χ1n) is 10.6. The summed E-state index contributed by atoms with van der Waals surface area (Å²) in [5, 5.41) is 2.81. The van der Waals surface area contributed by atoms with Gasteiger partial charge < -0.3 is 14.6 Å². The van der Waals surface area contributed by atoms with Gasteiger partial charge in [-0.2, -0.15) is 13.2 Å². The summed E-state index contributed by atoms with van der Waals surface area (Å²) in [6, 6.07) is 2.56. The van der Waals surface area contributed by atoms with E-state index >= 15 is 0 Å². The van der Waals surface area contributed by atoms with Gasteiger partial charge in [-0.25, -0.2) is 23.7 Å². The fourth-order valence-corrected chi connectivity index (χ4v) is 4.05. The van der Waals surface area contributed by atoms with Crippen molar-refractivity contribution in [3.05, 3.63) is 54.2 Å². The van der Waals surface area contributed by atoms with Gasteiger partial charge >= 0.3 is 6.18 Å². The van der Waals surface area contributed by atoms with Gasteiger partial charge in [0.1, 0.15) is 5.82 Å². The largest absolute Gasteiger partial charge is 0.440 e. The molecule has 8 nitrogen and oxygen atoms in total. The van der Waals surface area contributed by atoms with Crippen molar-refractivity contribution >= 4 is 11.7 Å². The van der Waals surface area contributed by atoms with E-state index in [4.69, 9.17) is 4.42 Å². The second-order valence-corrected chi connectivity index (χ2v) is 8.36. The number of rotatable bonds is 5. The standard InChI is InChI=1S/C22H21F5N6O2/c1-12-6-21(23,24)11-33(15(12)8-30-17-10-29-16(9-31-17)22(25,26)27)20(34)18-19(35-13(2)32-18)14-4-3-5-28-7-14/h3-5,7,9-10,12,15H,6,8,11H2,1-2H3,(H,30,31)/t12-,15-/m1/s1. The van der Waals surface area contributed by atoms with Crippen molar-refractivity contribution in [3.8, 4) is 11.3 Å². The van der Waals surface area contributed by atoms with E-state index in [0.717, 1.165) is 11.1 Å². The van der Waals surface area contributed by atoms with E-state index in [-0.39, 0.29) is 29.7 Å². The quantitative estimate of drug-likeness (QED) is 0.521. The lowest BCUT2D eigenvalue weighted by Gasteiger charge is -2.43. The second kappa shape index (κ2) is 9.19. The van der Waals surface area contributed by atoms with Crippen molar-refractivity contribution in [2.24, 2.45) is 5.92 Å². The molecule has 0 unspecified atom stereocenters. The van der Waals surface area contributed by atoms with Crippen LogP contribution in [0.1, 0.15) is 35.4 Å². The highest BCUT2D eigenvalue weighted by molar-refractivity contribution is 5.98. The van der Waals surface area contributed by atoms with Crippen LogP contribution in [0.4, 0.5) is 27.8 Å². The molecule has 0 saturated carbocycles. The molecule has 3 aromatic heterocycles. The number of piperidine rings is 1. The van der Waals surface area contributed by atoms with Crippen molar-refractivity contribution < 1.29 is 31.2 Å². The number of carbonyl (C=O) groups is 1. The maximum atomic E-state index is 14.5. The number of hydrogen-bond donors (Lipinski definition) is 1. The molecule has 4 rings (SSSR count). The number of halogens is 5. The first-order chi connectivity index (χ1) is 16.4. The summed E-state index contributed by atoms with van der Waals surface area (Å²) < 4.78 is 72.8. The zero-order chi connectivity index (χ0) is 25.4. The van der Waals surface area contributed by atoms with E-state index in [9.17, 15) is 26.7 Å². The van der Waals surface area contributed by atoms with E-state index in [1.54, 1.807) is 19.1 Å². The summed E-state index contributed by atoms with van der Waals surface area (Å²) in [6.07, 6.45) is -0.630. The van der Waals surface area contributed by atoms with Crippen LogP contribution < -0.4 is 5.32 Å². The Labute approximate surface area is 196 Å². The van der Waals surface area contributed by atoms with Gasteiger partial charge in [0, 0.05) is 37.8 Å². The number of pyridine rings is 1. The molecule has 0 spiro atoms. The number of anilines is 1. The Hall–Kier alpha value is -3.64. The summed E-state index contributed by atoms with van der Waals surface area (Å²) >= 11 is 0. The molecule has 1 amide bonds. The molecular formula is C22H21F5N6O2. The molecule has 3 aromatic rings. The van der Waals surface area contributed by atoms with Crippen LogP contribution >= 0.6 is 0 Å². The predicted octanol–water partition coefficient (Wildman–Crippen LogP) is 4.45. The molecule has 13 heteroatoms. The molecule has 1 N–H and O–H groups in total. The number of aryl methyl sites for hydroxylation is 1. The van der Waals surface area contributed by atoms with E-state index in [1.807, 2.05) is 0 Å². The molecule has 35 heavy (non-hydrogen) atoms. The number of aromatic nitrogens is 4. The fourth-order valence-electron chi connectivity index (χ4n) is 4.05. The fraction of sp³-hybridized carbons (Fsp3) is 0.409. The Balaban J connectivity index is 1.60. The van der Waals surface area contributed by atoms with Crippen molar-refractivity contribution in [3.63, 3.8) is 0 Å². The average Bonchev–Trinajstić information content (AvgIpc) is 3.19. The molecule has 0 bridgehead atoms. The summed E-state index contributed by atoms with van der Waals surface area (Å²) in [4.78, 5) is 29.7. The van der Waals surface area contributed by atoms with Crippen molar-refractivity contribution in [1.29, 1.82) is 0 Å². The Kier molecular flexibility index (Phi) is 6.43. The molecule has 4 heterocycles. The van der Waals surface area contributed by atoms with Gasteiger partial charge in [-0.1, -0.05) is 6.92 Å². The normalized spacial score (nSPS) is 20.0. The lowest BCUT2D eigenvalue weighted by molar-refractivity contribution is -0.141. The highest BCUT2D eigenvalue weighted by Gasteiger charge is 2.47. The van der Waals surface area contributed by atoms with Crippen LogP contribution in [-0.4, -0.2) is 55.8 Å². The third kappa shape index (κ3) is 5.38. The van der Waals surface area contributed by atoms with Gasteiger partial charge in [-0.15, -0.1) is 0 Å². The average molecular weight is 496 g/mol. The number of hydrogen-bond acceptors (Lipinski definition) is 7. The van der Waals surface area contributed by atoms with Crippen LogP contribution in [0.25, 0.3) is 11.3 Å². The number of amides is 1. The number of nitrogens with one attached hydrogen (secondary N) is 1. The predicted molar refractivity (Wildman–Crippen MR) is 114 cm³/mol. The number of oxazole rings is 1. The monoisotopic (exact) mass is 496 g/mol. The molecule has 0 aromatic carbocycles. The summed E-state index contributed by atoms with van der Waals surface area (Å²) in [5.41, 5.74) is -0.822. The van der Waals surface area contributed by atoms with E-state index in [0.29, 0.717) is 11.8 Å². The molecule has 1 aliphatic rings. The summed E-state index contributed by atoms with van der Waals surface area (Å²) in [6.45, 7) is 2.22. The molecule has 0 radical (unpaired) electrons. The summed E-state index contributed by atoms with van der Waals surface area (Å²) in [5.74, 6) is -4.22. The Morgan fingerprint density at radius 3 is 2.66 bits per heavy atom. The highest BCUT2D eigenvalue weighted by Crippen LogP contribution is 2.36. The molecule has 2 atom stereocenters. The summed E-state index contributed by atoms with van der Waals surface area (Å²) in [7, 11) is 0. The Morgan fingerprint density at radius 2 is 2.03 bits per heavy atom. The maximum Gasteiger partial charge on any atom is 0.434 e. The van der Waals surface area contributed by atoms with Gasteiger partial charge in [0.25, 0.3) is 11.8 Å². The lowest BCUT2D eigenvalue weighted by atomic mass is 9.88. The van der Waals surface area contributed by atoms with Gasteiger partial charge in [-0.3, -0.25) is 9.78 Å². The minimum Gasteiger partial charge on any atom is -0.440 e. The number of nitrogens with zero attached hydrogens (tertiary/aromatic N) is 5. The van der Waals surface area contributed by atoms with E-state index < -0.39 is 48.6 Å². The van der Waals surface area contributed by atoms with Crippen LogP contribution in [0, 0.1) is 12.8 Å². The smallest absolute Gasteiger partial charge is 0.434 e. The molecule has 0 aliphatic carbocycles. The number of carbonyl (C=O) groups excluding carboxylic acids is 1. The number of likely N-dealkylation sites (tertiary alicyclic amines) is 1. The topological polar surface area (TPSA) is 97.0 Å². The van der Waals surface area contributed by atoms with Crippen LogP contribution in [0.15, 0.2) is 41.3 Å². The van der Waals surface area contributed by atoms with Crippen LogP contribution in [-0.2, 0) is 6.18 Å². The minimum atomic E-state index is -4.64. The molecular weight excluding hydrogens is 475 g/mol. The van der Waals surface area contributed by atoms with Crippen LogP contribution in [0.2, 0.25) is 0 Å². The molecule has 1 fully saturated rings. The molecule has 186 valence electrons. The Bertz CT molecular complexity index is 1180. The molecule has 1 aliphatic heterocycles. The van der Waals surface area contributed by atoms with Crippen molar-refractivity contribution in [1.82, 2.24) is 24.8 Å². The zero-order valence-electron chi connectivity index (χ0n) is 18.7. The minimum absolute atomic E-state index is 0.0169. The van der Waals surface area contributed by atoms with Gasteiger partial charge in [0.2, 0.25) is 0 Å². The van der Waals surface area contributed by atoms with Gasteiger partial charge in [-0.05, 0) is 18.1 Å². The third-order valence-corrected chi connectivity index (χ3v) is 5.64. The van der Waals surface area contributed by atoms with E-state index in [2.05, 4.69) is 25.3 Å². The first kappa shape index (κ1) is 24.5. The Morgan fingerprint density at radius 1 is 1.26 bits per heavy atom. The number of alkyl halides is 5. The third-order valence-electron chi connectivity index (χ3n) is 5.64. The maximum absolute atomic E-state index is 14.5.